The van der Waals surface area contributed by atoms with E-state index in [1.165, 1.54) is 25.7 Å². The number of hydrogen-bond donors (Lipinski definition) is 0. The van der Waals surface area contributed by atoms with Crippen molar-refractivity contribution in [3.8, 4) is 0 Å². The molecule has 1 aliphatic carbocycles. The summed E-state index contributed by atoms with van der Waals surface area (Å²) in [5, 5.41) is 0. The zero-order valence-electron chi connectivity index (χ0n) is 8.92. The predicted molar refractivity (Wildman–Crippen MR) is 53.8 cm³/mol. The number of methoxy groups -OCH3 is 1. The highest BCUT2D eigenvalue weighted by Crippen LogP contribution is 2.30. The third kappa shape index (κ3) is 3.65. The molecule has 0 heterocycles. The molecule has 0 aromatic carbocycles. The normalized spacial score (nSPS) is 29.1. The molecule has 2 heteroatoms. The van der Waals surface area contributed by atoms with Crippen molar-refractivity contribution in [2.75, 3.05) is 26.9 Å². The second kappa shape index (κ2) is 6.39. The predicted octanol–water partition coefficient (Wildman–Crippen LogP) is 2.48. The Hall–Kier alpha value is -0.0800. The molecule has 1 aliphatic rings. The molecule has 2 atom stereocenters. The van der Waals surface area contributed by atoms with Crippen LogP contribution in [0, 0.1) is 11.8 Å². The SMILES string of the molecule is CCOC[C@H]1CCCC[C@H]1COC. The molecule has 1 rings (SSSR count). The molecule has 0 amide bonds. The van der Waals surface area contributed by atoms with Gasteiger partial charge in [0.05, 0.1) is 0 Å². The van der Waals surface area contributed by atoms with Gasteiger partial charge in [0, 0.05) is 26.9 Å². The Balaban J connectivity index is 2.28. The van der Waals surface area contributed by atoms with E-state index in [2.05, 4.69) is 6.92 Å². The summed E-state index contributed by atoms with van der Waals surface area (Å²) in [6, 6.07) is 0. The minimum atomic E-state index is 0.741. The number of hydrogen-bond acceptors (Lipinski definition) is 2. The van der Waals surface area contributed by atoms with Gasteiger partial charge in [-0.2, -0.15) is 0 Å². The van der Waals surface area contributed by atoms with Gasteiger partial charge in [0.25, 0.3) is 0 Å². The minimum absolute atomic E-state index is 0.741. The number of ether oxygens (including phenoxy) is 2. The first kappa shape index (κ1) is 11.0. The summed E-state index contributed by atoms with van der Waals surface area (Å²) in [6.07, 6.45) is 5.40. The standard InChI is InChI=1S/C11H22O2/c1-3-13-9-11-7-5-4-6-10(11)8-12-2/h10-11H,3-9H2,1-2H3/t10-,11+/m0/s1. The average molecular weight is 186 g/mol. The molecule has 0 aromatic rings. The molecule has 0 N–H and O–H groups in total. The van der Waals surface area contributed by atoms with Gasteiger partial charge in [0.1, 0.15) is 0 Å². The van der Waals surface area contributed by atoms with Gasteiger partial charge >= 0.3 is 0 Å². The van der Waals surface area contributed by atoms with Crippen LogP contribution in [0.1, 0.15) is 32.6 Å². The van der Waals surface area contributed by atoms with Crippen LogP contribution >= 0.6 is 0 Å². The topological polar surface area (TPSA) is 18.5 Å². The Kier molecular flexibility index (Phi) is 5.40. The van der Waals surface area contributed by atoms with Crippen molar-refractivity contribution in [2.45, 2.75) is 32.6 Å². The van der Waals surface area contributed by atoms with Crippen molar-refractivity contribution in [1.82, 2.24) is 0 Å². The lowest BCUT2D eigenvalue weighted by molar-refractivity contribution is 0.0318. The molecule has 0 saturated heterocycles. The van der Waals surface area contributed by atoms with Crippen LogP contribution in [0.3, 0.4) is 0 Å². The summed E-state index contributed by atoms with van der Waals surface area (Å²) in [6.45, 7) is 4.76. The van der Waals surface area contributed by atoms with Gasteiger partial charge < -0.3 is 9.47 Å². The highest BCUT2D eigenvalue weighted by molar-refractivity contribution is 4.74. The van der Waals surface area contributed by atoms with Gasteiger partial charge in [0.15, 0.2) is 0 Å². The molecular formula is C11H22O2. The molecule has 0 aliphatic heterocycles. The van der Waals surface area contributed by atoms with E-state index in [0.29, 0.717) is 0 Å². The van der Waals surface area contributed by atoms with Crippen molar-refractivity contribution in [3.05, 3.63) is 0 Å². The van der Waals surface area contributed by atoms with Crippen LogP contribution in [-0.2, 0) is 9.47 Å². The Labute approximate surface area is 81.6 Å². The number of rotatable bonds is 5. The van der Waals surface area contributed by atoms with E-state index < -0.39 is 0 Å². The second-order valence-corrected chi connectivity index (χ2v) is 3.92. The summed E-state index contributed by atoms with van der Waals surface area (Å²) >= 11 is 0. The van der Waals surface area contributed by atoms with Gasteiger partial charge in [-0.05, 0) is 31.6 Å². The van der Waals surface area contributed by atoms with Crippen LogP contribution < -0.4 is 0 Å². The highest BCUT2D eigenvalue weighted by Gasteiger charge is 2.24. The van der Waals surface area contributed by atoms with Crippen LogP contribution in [-0.4, -0.2) is 26.9 Å². The quantitative estimate of drug-likeness (QED) is 0.656. The largest absolute Gasteiger partial charge is 0.384 e. The van der Waals surface area contributed by atoms with Crippen LogP contribution in [0.4, 0.5) is 0 Å². The molecule has 0 unspecified atom stereocenters. The smallest absolute Gasteiger partial charge is 0.0497 e. The summed E-state index contributed by atoms with van der Waals surface area (Å²) in [7, 11) is 1.80. The first-order chi connectivity index (χ1) is 6.38. The van der Waals surface area contributed by atoms with Crippen LogP contribution in [0.2, 0.25) is 0 Å². The van der Waals surface area contributed by atoms with E-state index in [4.69, 9.17) is 9.47 Å². The van der Waals surface area contributed by atoms with Crippen LogP contribution in [0.5, 0.6) is 0 Å². The maximum absolute atomic E-state index is 5.49. The molecule has 0 bridgehead atoms. The second-order valence-electron chi connectivity index (χ2n) is 3.92. The van der Waals surface area contributed by atoms with Crippen LogP contribution in [0.15, 0.2) is 0 Å². The zero-order chi connectivity index (χ0) is 9.52. The van der Waals surface area contributed by atoms with E-state index in [0.717, 1.165) is 31.7 Å². The maximum Gasteiger partial charge on any atom is 0.0497 e. The summed E-state index contributed by atoms with van der Waals surface area (Å²) < 4.78 is 10.7. The fourth-order valence-electron chi connectivity index (χ4n) is 2.21. The highest BCUT2D eigenvalue weighted by atomic mass is 16.5. The Morgan fingerprint density at radius 1 is 1.08 bits per heavy atom. The lowest BCUT2D eigenvalue weighted by atomic mass is 9.80. The van der Waals surface area contributed by atoms with E-state index >= 15 is 0 Å². The van der Waals surface area contributed by atoms with Gasteiger partial charge in [-0.3, -0.25) is 0 Å². The first-order valence-corrected chi connectivity index (χ1v) is 5.45. The molecule has 78 valence electrons. The Morgan fingerprint density at radius 2 is 1.69 bits per heavy atom. The summed E-state index contributed by atoms with van der Waals surface area (Å²) in [5.41, 5.74) is 0. The third-order valence-electron chi connectivity index (χ3n) is 2.98. The van der Waals surface area contributed by atoms with Crippen LogP contribution in [0.25, 0.3) is 0 Å². The van der Waals surface area contributed by atoms with Gasteiger partial charge in [-0.1, -0.05) is 12.8 Å². The van der Waals surface area contributed by atoms with Crippen molar-refractivity contribution >= 4 is 0 Å². The molecule has 0 aromatic heterocycles. The summed E-state index contributed by atoms with van der Waals surface area (Å²) in [4.78, 5) is 0. The minimum Gasteiger partial charge on any atom is -0.384 e. The fraction of sp³-hybridized carbons (Fsp3) is 1.00. The molecule has 0 spiro atoms. The van der Waals surface area contributed by atoms with E-state index in [1.807, 2.05) is 0 Å². The van der Waals surface area contributed by atoms with Gasteiger partial charge in [-0.15, -0.1) is 0 Å². The van der Waals surface area contributed by atoms with Crippen molar-refractivity contribution < 1.29 is 9.47 Å². The lowest BCUT2D eigenvalue weighted by Gasteiger charge is -2.30. The van der Waals surface area contributed by atoms with Gasteiger partial charge in [0.2, 0.25) is 0 Å². The van der Waals surface area contributed by atoms with Crippen molar-refractivity contribution in [3.63, 3.8) is 0 Å². The molecule has 13 heavy (non-hydrogen) atoms. The fourth-order valence-corrected chi connectivity index (χ4v) is 2.21. The monoisotopic (exact) mass is 186 g/mol. The molecule has 2 nitrogen and oxygen atoms in total. The lowest BCUT2D eigenvalue weighted by Crippen LogP contribution is -2.27. The first-order valence-electron chi connectivity index (χ1n) is 5.45. The maximum atomic E-state index is 5.49. The average Bonchev–Trinajstić information content (AvgIpc) is 2.17. The van der Waals surface area contributed by atoms with E-state index in [-0.39, 0.29) is 0 Å². The third-order valence-corrected chi connectivity index (χ3v) is 2.98. The van der Waals surface area contributed by atoms with Crippen molar-refractivity contribution in [2.24, 2.45) is 11.8 Å². The molecule has 1 fully saturated rings. The zero-order valence-corrected chi connectivity index (χ0v) is 8.92. The molecular weight excluding hydrogens is 164 g/mol. The summed E-state index contributed by atoms with van der Waals surface area (Å²) in [5.74, 6) is 1.49. The van der Waals surface area contributed by atoms with Crippen molar-refractivity contribution in [1.29, 1.82) is 0 Å². The van der Waals surface area contributed by atoms with E-state index in [1.54, 1.807) is 7.11 Å². The van der Waals surface area contributed by atoms with E-state index in [9.17, 15) is 0 Å². The van der Waals surface area contributed by atoms with Gasteiger partial charge in [-0.25, -0.2) is 0 Å². The molecule has 0 radical (unpaired) electrons. The Morgan fingerprint density at radius 3 is 2.23 bits per heavy atom. The molecule has 1 saturated carbocycles. The Bertz CT molecular complexity index is 123.